The fourth-order valence-electron chi connectivity index (χ4n) is 1.76. The van der Waals surface area contributed by atoms with E-state index in [1.807, 2.05) is 18.2 Å². The van der Waals surface area contributed by atoms with Gasteiger partial charge in [-0.05, 0) is 36.8 Å². The number of fused-ring (bicyclic) bond motifs is 1. The minimum Gasteiger partial charge on any atom is -0.362 e. The Morgan fingerprint density at radius 3 is 3.11 bits per heavy atom. The van der Waals surface area contributed by atoms with E-state index in [0.717, 1.165) is 29.7 Å². The third kappa shape index (κ3) is 3.43. The Balaban J connectivity index is 1.86. The quantitative estimate of drug-likeness (QED) is 0.572. The number of aromatic amines is 1. The maximum absolute atomic E-state index is 5.24. The Bertz CT molecular complexity index is 520. The number of nitrogens with zero attached hydrogens (tertiary/aromatic N) is 1. The molecule has 0 atom stereocenters. The molecule has 1 aromatic carbocycles. The minimum atomic E-state index is 0.668. The van der Waals surface area contributed by atoms with E-state index in [9.17, 15) is 0 Å². The summed E-state index contributed by atoms with van der Waals surface area (Å²) < 4.78 is 0. The van der Waals surface area contributed by atoms with Gasteiger partial charge in [-0.15, -0.1) is 0 Å². The van der Waals surface area contributed by atoms with Gasteiger partial charge in [0.05, 0.1) is 17.4 Å². The number of H-pyrrole nitrogens is 1. The van der Waals surface area contributed by atoms with Crippen molar-refractivity contribution >= 4 is 34.1 Å². The zero-order valence-electron chi connectivity index (χ0n) is 10.5. The highest BCUT2D eigenvalue weighted by Crippen LogP contribution is 2.15. The first-order valence-electron chi connectivity index (χ1n) is 6.27. The molecular formula is C13H18N4S. The van der Waals surface area contributed by atoms with Crippen molar-refractivity contribution < 1.29 is 0 Å². The van der Waals surface area contributed by atoms with Crippen LogP contribution in [0.4, 0.5) is 5.69 Å². The van der Waals surface area contributed by atoms with Gasteiger partial charge in [0, 0.05) is 12.2 Å². The molecule has 0 aliphatic carbocycles. The van der Waals surface area contributed by atoms with Crippen LogP contribution in [-0.4, -0.2) is 21.6 Å². The van der Waals surface area contributed by atoms with E-state index in [4.69, 9.17) is 12.2 Å². The summed E-state index contributed by atoms with van der Waals surface area (Å²) in [6, 6.07) is 5.96. The van der Waals surface area contributed by atoms with Crippen molar-refractivity contribution in [2.45, 2.75) is 26.2 Å². The fraction of sp³-hybridized carbons (Fsp3) is 0.385. The first kappa shape index (κ1) is 12.8. The summed E-state index contributed by atoms with van der Waals surface area (Å²) in [7, 11) is 0. The van der Waals surface area contributed by atoms with Crippen LogP contribution in [-0.2, 0) is 0 Å². The SMILES string of the molecule is CCCCCNC(=S)Nc1ccc2[nH]cnc2c1. The van der Waals surface area contributed by atoms with Crippen molar-refractivity contribution in [2.24, 2.45) is 0 Å². The van der Waals surface area contributed by atoms with E-state index in [0.29, 0.717) is 5.11 Å². The lowest BCUT2D eigenvalue weighted by Crippen LogP contribution is -2.29. The van der Waals surface area contributed by atoms with Gasteiger partial charge in [-0.2, -0.15) is 0 Å². The molecule has 1 heterocycles. The largest absolute Gasteiger partial charge is 0.362 e. The minimum absolute atomic E-state index is 0.668. The predicted octanol–water partition coefficient (Wildman–Crippen LogP) is 3.04. The third-order valence-electron chi connectivity index (χ3n) is 2.75. The van der Waals surface area contributed by atoms with Crippen LogP contribution >= 0.6 is 12.2 Å². The summed E-state index contributed by atoms with van der Waals surface area (Å²) in [5.41, 5.74) is 2.93. The smallest absolute Gasteiger partial charge is 0.170 e. The van der Waals surface area contributed by atoms with Crippen molar-refractivity contribution in [1.82, 2.24) is 15.3 Å². The van der Waals surface area contributed by atoms with Crippen LogP contribution < -0.4 is 10.6 Å². The van der Waals surface area contributed by atoms with Gasteiger partial charge in [-0.3, -0.25) is 0 Å². The van der Waals surface area contributed by atoms with E-state index in [-0.39, 0.29) is 0 Å². The maximum atomic E-state index is 5.24. The Labute approximate surface area is 112 Å². The van der Waals surface area contributed by atoms with Gasteiger partial charge in [0.25, 0.3) is 0 Å². The van der Waals surface area contributed by atoms with Crippen LogP contribution in [0.25, 0.3) is 11.0 Å². The number of hydrogen-bond donors (Lipinski definition) is 3. The summed E-state index contributed by atoms with van der Waals surface area (Å²) in [6.45, 7) is 3.11. The molecule has 0 amide bonds. The van der Waals surface area contributed by atoms with Gasteiger partial charge in [0.15, 0.2) is 5.11 Å². The average Bonchev–Trinajstić information content (AvgIpc) is 2.82. The zero-order valence-corrected chi connectivity index (χ0v) is 11.3. The molecule has 0 spiro atoms. The Morgan fingerprint density at radius 2 is 2.28 bits per heavy atom. The number of rotatable bonds is 5. The van der Waals surface area contributed by atoms with Crippen LogP contribution in [0.2, 0.25) is 0 Å². The van der Waals surface area contributed by atoms with Gasteiger partial charge in [0.2, 0.25) is 0 Å². The Hall–Kier alpha value is -1.62. The predicted molar refractivity (Wildman–Crippen MR) is 79.8 cm³/mol. The lowest BCUT2D eigenvalue weighted by molar-refractivity contribution is 0.698. The molecule has 3 N–H and O–H groups in total. The van der Waals surface area contributed by atoms with Crippen molar-refractivity contribution in [1.29, 1.82) is 0 Å². The van der Waals surface area contributed by atoms with Crippen LogP contribution in [0.15, 0.2) is 24.5 Å². The van der Waals surface area contributed by atoms with Gasteiger partial charge >= 0.3 is 0 Å². The summed E-state index contributed by atoms with van der Waals surface area (Å²) in [5.74, 6) is 0. The molecule has 96 valence electrons. The topological polar surface area (TPSA) is 52.7 Å². The summed E-state index contributed by atoms with van der Waals surface area (Å²) in [4.78, 5) is 7.27. The van der Waals surface area contributed by atoms with E-state index in [1.54, 1.807) is 6.33 Å². The molecule has 0 fully saturated rings. The third-order valence-corrected chi connectivity index (χ3v) is 2.99. The molecule has 4 nitrogen and oxygen atoms in total. The second-order valence-corrected chi connectivity index (χ2v) is 4.63. The molecule has 0 saturated heterocycles. The molecule has 2 aromatic rings. The van der Waals surface area contributed by atoms with Crippen LogP contribution in [0.5, 0.6) is 0 Å². The summed E-state index contributed by atoms with van der Waals surface area (Å²) in [6.07, 6.45) is 5.29. The number of imidazole rings is 1. The number of unbranched alkanes of at least 4 members (excludes halogenated alkanes) is 2. The van der Waals surface area contributed by atoms with Crippen LogP contribution in [0.1, 0.15) is 26.2 Å². The number of anilines is 1. The van der Waals surface area contributed by atoms with E-state index < -0.39 is 0 Å². The summed E-state index contributed by atoms with van der Waals surface area (Å²) in [5, 5.41) is 7.03. The first-order chi connectivity index (χ1) is 8.79. The molecule has 1 aromatic heterocycles. The number of thiocarbonyl (C=S) groups is 1. The number of benzene rings is 1. The monoisotopic (exact) mass is 262 g/mol. The highest BCUT2D eigenvalue weighted by atomic mass is 32.1. The van der Waals surface area contributed by atoms with E-state index in [1.165, 1.54) is 12.8 Å². The first-order valence-corrected chi connectivity index (χ1v) is 6.68. The van der Waals surface area contributed by atoms with E-state index >= 15 is 0 Å². The lowest BCUT2D eigenvalue weighted by atomic mass is 10.2. The van der Waals surface area contributed by atoms with Gasteiger partial charge in [0.1, 0.15) is 0 Å². The molecule has 0 aliphatic heterocycles. The normalized spacial score (nSPS) is 10.5. The highest BCUT2D eigenvalue weighted by molar-refractivity contribution is 7.80. The molecule has 0 aliphatic rings. The average molecular weight is 262 g/mol. The molecule has 0 saturated carbocycles. The number of nitrogens with one attached hydrogen (secondary N) is 3. The van der Waals surface area contributed by atoms with Crippen molar-refractivity contribution in [3.05, 3.63) is 24.5 Å². The van der Waals surface area contributed by atoms with Gasteiger partial charge in [-0.1, -0.05) is 19.8 Å². The van der Waals surface area contributed by atoms with Crippen molar-refractivity contribution in [3.8, 4) is 0 Å². The molecule has 5 heteroatoms. The van der Waals surface area contributed by atoms with Crippen LogP contribution in [0, 0.1) is 0 Å². The molecule has 18 heavy (non-hydrogen) atoms. The van der Waals surface area contributed by atoms with Gasteiger partial charge < -0.3 is 15.6 Å². The second kappa shape index (κ2) is 6.35. The van der Waals surface area contributed by atoms with Gasteiger partial charge in [-0.25, -0.2) is 4.98 Å². The maximum Gasteiger partial charge on any atom is 0.170 e. The molecule has 0 unspecified atom stereocenters. The molecular weight excluding hydrogens is 244 g/mol. The highest BCUT2D eigenvalue weighted by Gasteiger charge is 2.00. The Morgan fingerprint density at radius 1 is 1.39 bits per heavy atom. The number of aromatic nitrogens is 2. The standard InChI is InChI=1S/C13H18N4S/c1-2-3-4-7-14-13(18)17-10-5-6-11-12(8-10)16-9-15-11/h5-6,8-9H,2-4,7H2,1H3,(H,15,16)(H2,14,17,18). The van der Waals surface area contributed by atoms with Crippen LogP contribution in [0.3, 0.4) is 0 Å². The fourth-order valence-corrected chi connectivity index (χ4v) is 1.98. The Kier molecular flexibility index (Phi) is 4.52. The zero-order chi connectivity index (χ0) is 12.8. The second-order valence-electron chi connectivity index (χ2n) is 4.22. The van der Waals surface area contributed by atoms with E-state index in [2.05, 4.69) is 27.5 Å². The molecule has 2 rings (SSSR count). The number of hydrogen-bond acceptors (Lipinski definition) is 2. The lowest BCUT2D eigenvalue weighted by Gasteiger charge is -2.10. The summed E-state index contributed by atoms with van der Waals surface area (Å²) >= 11 is 5.24. The van der Waals surface area contributed by atoms with Crippen molar-refractivity contribution in [2.75, 3.05) is 11.9 Å². The molecule has 0 bridgehead atoms. The van der Waals surface area contributed by atoms with Crippen molar-refractivity contribution in [3.63, 3.8) is 0 Å². The molecule has 0 radical (unpaired) electrons.